The summed E-state index contributed by atoms with van der Waals surface area (Å²) >= 11 is 1.47. The molecule has 21 heavy (non-hydrogen) atoms. The molecule has 0 saturated heterocycles. The topological polar surface area (TPSA) is 126 Å². The van der Waals surface area contributed by atoms with E-state index in [1.54, 1.807) is 6.07 Å². The van der Waals surface area contributed by atoms with Gasteiger partial charge in [-0.2, -0.15) is 20.2 Å². The monoisotopic (exact) mass is 331 g/mol. The van der Waals surface area contributed by atoms with Crippen LogP contribution in [0.2, 0.25) is 0 Å². The van der Waals surface area contributed by atoms with Crippen molar-refractivity contribution >= 4 is 38.6 Å². The Labute approximate surface area is 124 Å². The van der Waals surface area contributed by atoms with Crippen LogP contribution in [0, 0.1) is 10.1 Å². The van der Waals surface area contributed by atoms with Gasteiger partial charge in [0.1, 0.15) is 5.82 Å². The average molecular weight is 331 g/mol. The second kappa shape index (κ2) is 6.41. The maximum Gasteiger partial charge on any atom is 0.271 e. The zero-order valence-corrected chi connectivity index (χ0v) is 12.5. The Kier molecular flexibility index (Phi) is 4.80. The molecule has 0 aliphatic heterocycles. The van der Waals surface area contributed by atoms with Crippen molar-refractivity contribution < 1.29 is 17.9 Å². The summed E-state index contributed by atoms with van der Waals surface area (Å²) in [4.78, 5) is 17.5. The van der Waals surface area contributed by atoms with Gasteiger partial charge in [-0.3, -0.25) is 14.7 Å². The number of non-ortho nitro benzene ring substituents is 1. The van der Waals surface area contributed by atoms with Crippen molar-refractivity contribution in [1.82, 2.24) is 9.97 Å². The van der Waals surface area contributed by atoms with E-state index in [1.165, 1.54) is 23.9 Å². The maximum absolute atomic E-state index is 10.7. The molecule has 0 amide bonds. The first kappa shape index (κ1) is 15.7. The minimum Gasteiger partial charge on any atom is -0.341 e. The number of H-pyrrole nitrogens is 1. The molecule has 0 spiro atoms. The number of aromatic nitrogens is 2. The first-order chi connectivity index (χ1) is 9.85. The van der Waals surface area contributed by atoms with Gasteiger partial charge < -0.3 is 4.98 Å². The van der Waals surface area contributed by atoms with E-state index in [0.29, 0.717) is 34.8 Å². The van der Waals surface area contributed by atoms with Gasteiger partial charge >= 0.3 is 0 Å². The van der Waals surface area contributed by atoms with Gasteiger partial charge in [0.2, 0.25) is 0 Å². The molecular weight excluding hydrogens is 318 g/mol. The zero-order chi connectivity index (χ0) is 15.5. The van der Waals surface area contributed by atoms with Gasteiger partial charge in [0.05, 0.1) is 27.5 Å². The predicted octanol–water partition coefficient (Wildman–Crippen LogP) is 1.98. The van der Waals surface area contributed by atoms with E-state index in [9.17, 15) is 18.5 Å². The van der Waals surface area contributed by atoms with Crippen LogP contribution in [0.15, 0.2) is 18.2 Å². The SMILES string of the molecule is O=[N+]([O-])c1ccc2nc(CSCCCS(=O)(=O)O)[nH]c2c1. The Morgan fingerprint density at radius 1 is 1.43 bits per heavy atom. The molecule has 1 heterocycles. The lowest BCUT2D eigenvalue weighted by atomic mass is 10.3. The highest BCUT2D eigenvalue weighted by Crippen LogP contribution is 2.20. The normalized spacial score (nSPS) is 11.9. The summed E-state index contributed by atoms with van der Waals surface area (Å²) in [6.45, 7) is 0. The Morgan fingerprint density at radius 3 is 2.86 bits per heavy atom. The van der Waals surface area contributed by atoms with Crippen molar-refractivity contribution in [3.8, 4) is 0 Å². The van der Waals surface area contributed by atoms with Crippen LogP contribution in [0.1, 0.15) is 12.2 Å². The molecule has 0 atom stereocenters. The Balaban J connectivity index is 1.92. The van der Waals surface area contributed by atoms with Gasteiger partial charge in [-0.15, -0.1) is 0 Å². The summed E-state index contributed by atoms with van der Waals surface area (Å²) in [5.41, 5.74) is 1.24. The highest BCUT2D eigenvalue weighted by atomic mass is 32.2. The zero-order valence-electron chi connectivity index (χ0n) is 10.9. The highest BCUT2D eigenvalue weighted by molar-refractivity contribution is 7.98. The molecule has 0 fully saturated rings. The minimum atomic E-state index is -3.90. The molecule has 8 nitrogen and oxygen atoms in total. The first-order valence-corrected chi connectivity index (χ1v) is 8.77. The van der Waals surface area contributed by atoms with Crippen molar-refractivity contribution in [2.45, 2.75) is 12.2 Å². The average Bonchev–Trinajstić information content (AvgIpc) is 2.78. The molecule has 2 N–H and O–H groups in total. The highest BCUT2D eigenvalue weighted by Gasteiger charge is 2.10. The van der Waals surface area contributed by atoms with Crippen molar-refractivity contribution in [3.05, 3.63) is 34.1 Å². The molecule has 0 bridgehead atoms. The van der Waals surface area contributed by atoms with E-state index in [2.05, 4.69) is 9.97 Å². The fourth-order valence-electron chi connectivity index (χ4n) is 1.74. The number of aromatic amines is 1. The van der Waals surface area contributed by atoms with E-state index in [4.69, 9.17) is 4.55 Å². The second-order valence-electron chi connectivity index (χ2n) is 4.33. The molecule has 0 unspecified atom stereocenters. The van der Waals surface area contributed by atoms with Crippen LogP contribution in [0.4, 0.5) is 5.69 Å². The van der Waals surface area contributed by atoms with Crippen LogP contribution in [0.3, 0.4) is 0 Å². The standard InChI is InChI=1S/C11H13N3O5S2/c15-14(16)8-2-3-9-10(6-8)13-11(12-9)7-20-4-1-5-21(17,18)19/h2-3,6H,1,4-5,7H2,(H,12,13)(H,17,18,19). The lowest BCUT2D eigenvalue weighted by Gasteiger charge is -1.98. The number of thioether (sulfide) groups is 1. The summed E-state index contributed by atoms with van der Waals surface area (Å²) in [7, 11) is -3.90. The van der Waals surface area contributed by atoms with E-state index >= 15 is 0 Å². The fourth-order valence-corrected chi connectivity index (χ4v) is 3.26. The quantitative estimate of drug-likeness (QED) is 0.344. The largest absolute Gasteiger partial charge is 0.341 e. The molecule has 2 rings (SSSR count). The molecular formula is C11H13N3O5S2. The second-order valence-corrected chi connectivity index (χ2v) is 7.01. The van der Waals surface area contributed by atoms with Crippen LogP contribution in [-0.2, 0) is 15.9 Å². The lowest BCUT2D eigenvalue weighted by Crippen LogP contribution is -2.04. The number of fused-ring (bicyclic) bond motifs is 1. The molecule has 1 aromatic heterocycles. The fraction of sp³-hybridized carbons (Fsp3) is 0.364. The third-order valence-corrected chi connectivity index (χ3v) is 4.51. The lowest BCUT2D eigenvalue weighted by molar-refractivity contribution is -0.384. The number of imidazole rings is 1. The Hall–Kier alpha value is -1.65. The predicted molar refractivity (Wildman–Crippen MR) is 79.9 cm³/mol. The van der Waals surface area contributed by atoms with E-state index in [1.807, 2.05) is 0 Å². The molecule has 2 aromatic rings. The number of nitro benzene ring substituents is 1. The smallest absolute Gasteiger partial charge is 0.271 e. The van der Waals surface area contributed by atoms with Gasteiger partial charge in [0.25, 0.3) is 15.8 Å². The molecule has 0 aliphatic rings. The molecule has 0 radical (unpaired) electrons. The number of nitrogens with one attached hydrogen (secondary N) is 1. The van der Waals surface area contributed by atoms with E-state index < -0.39 is 15.0 Å². The van der Waals surface area contributed by atoms with Gasteiger partial charge in [0, 0.05) is 12.1 Å². The van der Waals surface area contributed by atoms with Crippen LogP contribution >= 0.6 is 11.8 Å². The van der Waals surface area contributed by atoms with Crippen molar-refractivity contribution in [2.75, 3.05) is 11.5 Å². The van der Waals surface area contributed by atoms with Crippen molar-refractivity contribution in [3.63, 3.8) is 0 Å². The van der Waals surface area contributed by atoms with Gasteiger partial charge in [-0.1, -0.05) is 0 Å². The number of hydrogen-bond acceptors (Lipinski definition) is 6. The first-order valence-electron chi connectivity index (χ1n) is 6.01. The van der Waals surface area contributed by atoms with Gasteiger partial charge in [-0.05, 0) is 18.2 Å². The number of nitro groups is 1. The Morgan fingerprint density at radius 2 is 2.19 bits per heavy atom. The van der Waals surface area contributed by atoms with Crippen LogP contribution in [-0.4, -0.2) is 39.4 Å². The summed E-state index contributed by atoms with van der Waals surface area (Å²) < 4.78 is 29.7. The number of benzene rings is 1. The number of nitrogens with zero attached hydrogens (tertiary/aromatic N) is 2. The van der Waals surface area contributed by atoms with Gasteiger partial charge in [-0.25, -0.2) is 4.98 Å². The molecule has 10 heteroatoms. The maximum atomic E-state index is 10.7. The van der Waals surface area contributed by atoms with Crippen molar-refractivity contribution in [1.29, 1.82) is 0 Å². The number of hydrogen-bond donors (Lipinski definition) is 2. The van der Waals surface area contributed by atoms with Crippen molar-refractivity contribution in [2.24, 2.45) is 0 Å². The molecule has 114 valence electrons. The third kappa shape index (κ3) is 4.69. The third-order valence-electron chi connectivity index (χ3n) is 2.66. The van der Waals surface area contributed by atoms with E-state index in [0.717, 1.165) is 0 Å². The van der Waals surface area contributed by atoms with E-state index in [-0.39, 0.29) is 11.4 Å². The Bertz CT molecular complexity index is 756. The van der Waals surface area contributed by atoms with Crippen LogP contribution < -0.4 is 0 Å². The minimum absolute atomic E-state index is 0.00138. The van der Waals surface area contributed by atoms with Crippen LogP contribution in [0.25, 0.3) is 11.0 Å². The van der Waals surface area contributed by atoms with Crippen LogP contribution in [0.5, 0.6) is 0 Å². The molecule has 0 aliphatic carbocycles. The molecule has 1 aromatic carbocycles. The summed E-state index contributed by atoms with van der Waals surface area (Å²) in [6, 6.07) is 4.40. The summed E-state index contributed by atoms with van der Waals surface area (Å²) in [6.07, 6.45) is 0.356. The summed E-state index contributed by atoms with van der Waals surface area (Å²) in [5, 5.41) is 10.7. The number of rotatable bonds is 7. The summed E-state index contributed by atoms with van der Waals surface area (Å²) in [5.74, 6) is 1.51. The molecule has 0 saturated carbocycles. The van der Waals surface area contributed by atoms with Gasteiger partial charge in [0.15, 0.2) is 0 Å².